The molecule has 0 aromatic heterocycles. The molecule has 1 saturated carbocycles. The minimum Gasteiger partial charge on any atom is -0.396 e. The predicted molar refractivity (Wildman–Crippen MR) is 125 cm³/mol. The van der Waals surface area contributed by atoms with Crippen LogP contribution in [0.2, 0.25) is 0 Å². The molecule has 1 aliphatic carbocycles. The van der Waals surface area contributed by atoms with E-state index in [1.165, 1.54) is 0 Å². The third-order valence-corrected chi connectivity index (χ3v) is 5.71. The fourth-order valence-corrected chi connectivity index (χ4v) is 4.59. The average molecular weight is 426 g/mol. The fraction of sp³-hybridized carbons (Fsp3) is 0.773. The van der Waals surface area contributed by atoms with Crippen LogP contribution in [0.15, 0.2) is 28.1 Å². The molecule has 29 heavy (non-hydrogen) atoms. The Kier molecular flexibility index (Phi) is 13.5. The second-order valence-corrected chi connectivity index (χ2v) is 8.84. The van der Waals surface area contributed by atoms with Gasteiger partial charge in [0, 0.05) is 5.25 Å². The van der Waals surface area contributed by atoms with Crippen molar-refractivity contribution in [3.8, 4) is 0 Å². The van der Waals surface area contributed by atoms with Gasteiger partial charge in [-0.3, -0.25) is 0 Å². The van der Waals surface area contributed by atoms with Crippen LogP contribution in [0.1, 0.15) is 66.7 Å². The van der Waals surface area contributed by atoms with Gasteiger partial charge in [0.25, 0.3) is 0 Å². The lowest BCUT2D eigenvalue weighted by Crippen LogP contribution is -2.40. The first-order chi connectivity index (χ1) is 14.1. The zero-order chi connectivity index (χ0) is 21.5. The minimum atomic E-state index is -0.122. The maximum Gasteiger partial charge on any atom is 0.135 e. The van der Waals surface area contributed by atoms with E-state index in [1.807, 2.05) is 25.6 Å². The summed E-state index contributed by atoms with van der Waals surface area (Å²) in [7, 11) is 0. The molecular formula is C22H39N3O3S. The van der Waals surface area contributed by atoms with Crippen molar-refractivity contribution in [2.75, 3.05) is 25.6 Å². The first kappa shape index (κ1) is 25.5. The van der Waals surface area contributed by atoms with Crippen LogP contribution in [-0.2, 0) is 14.5 Å². The van der Waals surface area contributed by atoms with E-state index in [4.69, 9.17) is 14.5 Å². The van der Waals surface area contributed by atoms with Gasteiger partial charge in [0.05, 0.1) is 23.1 Å². The van der Waals surface area contributed by atoms with Crippen molar-refractivity contribution in [3.63, 3.8) is 0 Å². The zero-order valence-electron chi connectivity index (χ0n) is 18.9. The predicted octanol–water partition coefficient (Wildman–Crippen LogP) is 5.69. The molecule has 0 heterocycles. The quantitative estimate of drug-likeness (QED) is 0.155. The fourth-order valence-electron chi connectivity index (χ4n) is 3.61. The van der Waals surface area contributed by atoms with E-state index < -0.39 is 0 Å². The molecule has 1 rings (SSSR count). The summed E-state index contributed by atoms with van der Waals surface area (Å²) in [6.45, 7) is 15.7. The van der Waals surface area contributed by atoms with E-state index in [1.54, 1.807) is 6.08 Å². The van der Waals surface area contributed by atoms with Crippen molar-refractivity contribution in [3.05, 3.63) is 12.7 Å². The first-order valence-corrected chi connectivity index (χ1v) is 11.9. The molecule has 0 bridgehead atoms. The van der Waals surface area contributed by atoms with E-state index >= 15 is 0 Å². The summed E-state index contributed by atoms with van der Waals surface area (Å²) >= 11 is 2.00. The molecule has 6 nitrogen and oxygen atoms in total. The highest BCUT2D eigenvalue weighted by molar-refractivity contribution is 7.99. The molecule has 0 saturated heterocycles. The Hall–Kier alpha value is -1.50. The molecule has 0 N–H and O–H groups in total. The van der Waals surface area contributed by atoms with Gasteiger partial charge in [0.15, 0.2) is 0 Å². The molecule has 0 aromatic rings. The zero-order valence-corrected chi connectivity index (χ0v) is 19.7. The summed E-state index contributed by atoms with van der Waals surface area (Å²) in [6.07, 6.45) is 6.36. The molecular weight excluding hydrogens is 386 g/mol. The number of rotatable bonds is 14. The molecule has 1 fully saturated rings. The smallest absolute Gasteiger partial charge is 0.135 e. The van der Waals surface area contributed by atoms with E-state index in [0.29, 0.717) is 31.0 Å². The molecule has 7 heteroatoms. The van der Waals surface area contributed by atoms with Crippen molar-refractivity contribution in [1.29, 1.82) is 0 Å². The topological polar surface area (TPSA) is 64.8 Å². The van der Waals surface area contributed by atoms with Crippen molar-refractivity contribution in [1.82, 2.24) is 0 Å². The van der Waals surface area contributed by atoms with Crippen LogP contribution in [0.25, 0.3) is 0 Å². The third kappa shape index (κ3) is 9.24. The van der Waals surface area contributed by atoms with Crippen molar-refractivity contribution < 1.29 is 14.5 Å². The second kappa shape index (κ2) is 15.4. The van der Waals surface area contributed by atoms with Gasteiger partial charge in [-0.25, -0.2) is 0 Å². The molecule has 0 spiro atoms. The Bertz CT molecular complexity index is 538. The third-order valence-electron chi connectivity index (χ3n) is 4.61. The molecule has 1 aliphatic rings. The van der Waals surface area contributed by atoms with Gasteiger partial charge >= 0.3 is 0 Å². The van der Waals surface area contributed by atoms with Crippen molar-refractivity contribution in [2.24, 2.45) is 27.3 Å². The Balaban J connectivity index is 3.23. The largest absolute Gasteiger partial charge is 0.396 e. The summed E-state index contributed by atoms with van der Waals surface area (Å²) in [4.78, 5) is 16.4. The van der Waals surface area contributed by atoms with Gasteiger partial charge in [0.2, 0.25) is 0 Å². The molecule has 0 aliphatic heterocycles. The lowest BCUT2D eigenvalue weighted by Gasteiger charge is -2.32. The standard InChI is InChI=1S/C22H39N3O3S/c1-7-12-19(23-28-13-8-2)22-20(24-26-9-3)15-18(14-17(6)29-11-5)16-21(22)25-27-10-4/h8,17-18,22H,2,7,9-16H2,1,3-6H3. The maximum atomic E-state index is 5.49. The maximum absolute atomic E-state index is 5.49. The number of hydrogen-bond donors (Lipinski definition) is 0. The lowest BCUT2D eigenvalue weighted by atomic mass is 9.74. The summed E-state index contributed by atoms with van der Waals surface area (Å²) < 4.78 is 0. The molecule has 0 aromatic carbocycles. The monoisotopic (exact) mass is 425 g/mol. The van der Waals surface area contributed by atoms with Crippen LogP contribution in [-0.4, -0.2) is 48.0 Å². The lowest BCUT2D eigenvalue weighted by molar-refractivity contribution is 0.152. The summed E-state index contributed by atoms with van der Waals surface area (Å²) in [6, 6.07) is 0. The van der Waals surface area contributed by atoms with Crippen molar-refractivity contribution >= 4 is 28.9 Å². The van der Waals surface area contributed by atoms with Gasteiger partial charge in [-0.05, 0) is 51.2 Å². The Labute approximate surface area is 181 Å². The van der Waals surface area contributed by atoms with Crippen LogP contribution in [0.3, 0.4) is 0 Å². The van der Waals surface area contributed by atoms with Crippen LogP contribution in [0, 0.1) is 11.8 Å². The average Bonchev–Trinajstić information content (AvgIpc) is 2.70. The molecule has 166 valence electrons. The Morgan fingerprint density at radius 1 is 1.10 bits per heavy atom. The highest BCUT2D eigenvalue weighted by atomic mass is 32.2. The number of oxime groups is 3. The normalized spacial score (nSPS) is 23.8. The number of thioether (sulfide) groups is 1. The summed E-state index contributed by atoms with van der Waals surface area (Å²) in [5, 5.41) is 14.0. The Morgan fingerprint density at radius 2 is 1.72 bits per heavy atom. The second-order valence-electron chi connectivity index (χ2n) is 7.13. The van der Waals surface area contributed by atoms with Gasteiger partial charge < -0.3 is 14.5 Å². The SMILES string of the molecule is C=CCON=C(CCC)C1C(=NOCC)CC(CC(C)SCC)CC1=NOCC. The van der Waals surface area contributed by atoms with Gasteiger partial charge in [-0.1, -0.05) is 55.3 Å². The number of hydrogen-bond acceptors (Lipinski definition) is 7. The number of nitrogens with zero attached hydrogens (tertiary/aromatic N) is 3. The summed E-state index contributed by atoms with van der Waals surface area (Å²) in [5.74, 6) is 1.48. The van der Waals surface area contributed by atoms with E-state index in [2.05, 4.69) is 42.8 Å². The van der Waals surface area contributed by atoms with E-state index in [0.717, 1.165) is 55.0 Å². The Morgan fingerprint density at radius 3 is 2.21 bits per heavy atom. The highest BCUT2D eigenvalue weighted by Gasteiger charge is 2.37. The van der Waals surface area contributed by atoms with Gasteiger partial charge in [-0.15, -0.1) is 0 Å². The van der Waals surface area contributed by atoms with Crippen LogP contribution in [0.4, 0.5) is 0 Å². The van der Waals surface area contributed by atoms with Crippen LogP contribution >= 0.6 is 11.8 Å². The summed E-state index contributed by atoms with van der Waals surface area (Å²) in [5.41, 5.74) is 2.88. The first-order valence-electron chi connectivity index (χ1n) is 10.9. The van der Waals surface area contributed by atoms with Crippen LogP contribution < -0.4 is 0 Å². The van der Waals surface area contributed by atoms with Gasteiger partial charge in [-0.2, -0.15) is 11.8 Å². The minimum absolute atomic E-state index is 0.122. The van der Waals surface area contributed by atoms with Crippen LogP contribution in [0.5, 0.6) is 0 Å². The van der Waals surface area contributed by atoms with Gasteiger partial charge in [0.1, 0.15) is 19.8 Å². The molecule has 1 atom stereocenters. The van der Waals surface area contributed by atoms with E-state index in [-0.39, 0.29) is 5.92 Å². The van der Waals surface area contributed by atoms with Crippen molar-refractivity contribution in [2.45, 2.75) is 72.0 Å². The molecule has 0 amide bonds. The molecule has 0 radical (unpaired) electrons. The highest BCUT2D eigenvalue weighted by Crippen LogP contribution is 2.33. The molecule has 1 unspecified atom stereocenters. The van der Waals surface area contributed by atoms with E-state index in [9.17, 15) is 0 Å².